The summed E-state index contributed by atoms with van der Waals surface area (Å²) in [5.74, 6) is 0. The molecule has 3 nitrogen and oxygen atoms in total. The van der Waals surface area contributed by atoms with Crippen LogP contribution < -0.4 is 5.73 Å². The first-order chi connectivity index (χ1) is 9.43. The van der Waals surface area contributed by atoms with E-state index in [0.717, 1.165) is 31.9 Å². The maximum absolute atomic E-state index is 6.45. The number of ether oxygens (including phenoxy) is 1. The number of nitrogens with zero attached hydrogens (tertiary/aromatic N) is 1. The van der Waals surface area contributed by atoms with E-state index in [4.69, 9.17) is 33.7 Å². The molecule has 1 aliphatic rings. The average Bonchev–Trinajstić information content (AvgIpc) is 2.44. The van der Waals surface area contributed by atoms with Crippen molar-refractivity contribution < 1.29 is 4.74 Å². The smallest absolute Gasteiger partial charge is 0.0624 e. The van der Waals surface area contributed by atoms with Gasteiger partial charge in [0.1, 0.15) is 0 Å². The van der Waals surface area contributed by atoms with Gasteiger partial charge >= 0.3 is 0 Å². The largest absolute Gasteiger partial charge is 0.379 e. The Labute approximate surface area is 131 Å². The Kier molecular flexibility index (Phi) is 5.32. The highest BCUT2D eigenvalue weighted by molar-refractivity contribution is 6.42. The second-order valence-corrected chi connectivity index (χ2v) is 6.56. The Morgan fingerprint density at radius 3 is 2.60 bits per heavy atom. The summed E-state index contributed by atoms with van der Waals surface area (Å²) in [5.41, 5.74) is 7.35. The normalized spacial score (nSPS) is 19.1. The summed E-state index contributed by atoms with van der Waals surface area (Å²) < 4.78 is 5.41. The second-order valence-electron chi connectivity index (χ2n) is 5.78. The molecule has 2 N–H and O–H groups in total. The van der Waals surface area contributed by atoms with Crippen LogP contribution in [0.3, 0.4) is 0 Å². The molecule has 0 radical (unpaired) electrons. The first-order valence-electron chi connectivity index (χ1n) is 6.94. The van der Waals surface area contributed by atoms with Crippen molar-refractivity contribution >= 4 is 23.2 Å². The molecule has 2 rings (SSSR count). The highest BCUT2D eigenvalue weighted by atomic mass is 35.5. The van der Waals surface area contributed by atoms with Crippen LogP contribution in [-0.4, -0.2) is 42.8 Å². The van der Waals surface area contributed by atoms with E-state index >= 15 is 0 Å². The maximum Gasteiger partial charge on any atom is 0.0624 e. The summed E-state index contributed by atoms with van der Waals surface area (Å²) in [7, 11) is 0. The number of morpholine rings is 1. The van der Waals surface area contributed by atoms with Crippen LogP contribution >= 0.6 is 23.2 Å². The van der Waals surface area contributed by atoms with Crippen molar-refractivity contribution in [2.24, 2.45) is 5.73 Å². The van der Waals surface area contributed by atoms with Crippen molar-refractivity contribution in [3.8, 4) is 0 Å². The minimum atomic E-state index is -0.102. The van der Waals surface area contributed by atoms with Gasteiger partial charge in [0.2, 0.25) is 0 Å². The molecule has 1 aromatic carbocycles. The monoisotopic (exact) mass is 316 g/mol. The lowest BCUT2D eigenvalue weighted by atomic mass is 9.88. The molecule has 0 spiro atoms. The standard InChI is InChI=1S/C15H22Cl2N2O/c1-15(2,19-6-8-20-9-7-19)13(18)10-11-4-3-5-12(16)14(11)17/h3-5,13H,6-10,18H2,1-2H3. The predicted octanol–water partition coefficient (Wildman–Crippen LogP) is 2.97. The number of hydrogen-bond acceptors (Lipinski definition) is 3. The van der Waals surface area contributed by atoms with Crippen molar-refractivity contribution in [3.63, 3.8) is 0 Å². The molecule has 20 heavy (non-hydrogen) atoms. The van der Waals surface area contributed by atoms with Crippen LogP contribution in [-0.2, 0) is 11.2 Å². The molecule has 1 heterocycles. The first-order valence-corrected chi connectivity index (χ1v) is 7.70. The van der Waals surface area contributed by atoms with Gasteiger partial charge in [-0.05, 0) is 31.9 Å². The molecule has 0 aromatic heterocycles. The Morgan fingerprint density at radius 2 is 1.95 bits per heavy atom. The van der Waals surface area contributed by atoms with Crippen LogP contribution in [0.4, 0.5) is 0 Å². The van der Waals surface area contributed by atoms with Crippen LogP contribution in [0.15, 0.2) is 18.2 Å². The lowest BCUT2D eigenvalue weighted by molar-refractivity contribution is -0.0186. The second kappa shape index (κ2) is 6.63. The molecule has 0 saturated carbocycles. The summed E-state index contributed by atoms with van der Waals surface area (Å²) in [5, 5.41) is 1.20. The highest BCUT2D eigenvalue weighted by Gasteiger charge is 2.34. The molecule has 1 unspecified atom stereocenters. The van der Waals surface area contributed by atoms with Crippen molar-refractivity contribution in [2.45, 2.75) is 31.8 Å². The molecule has 1 atom stereocenters. The SMILES string of the molecule is CC(C)(C(N)Cc1cccc(Cl)c1Cl)N1CCOCC1. The lowest BCUT2D eigenvalue weighted by Gasteiger charge is -2.44. The van der Waals surface area contributed by atoms with Gasteiger partial charge < -0.3 is 10.5 Å². The van der Waals surface area contributed by atoms with Gasteiger partial charge in [0.05, 0.1) is 23.3 Å². The fraction of sp³-hybridized carbons (Fsp3) is 0.600. The van der Waals surface area contributed by atoms with E-state index in [1.807, 2.05) is 12.1 Å². The van der Waals surface area contributed by atoms with Crippen LogP contribution in [0.1, 0.15) is 19.4 Å². The zero-order valence-corrected chi connectivity index (χ0v) is 13.5. The van der Waals surface area contributed by atoms with Crippen molar-refractivity contribution in [2.75, 3.05) is 26.3 Å². The van der Waals surface area contributed by atoms with E-state index in [1.165, 1.54) is 0 Å². The van der Waals surface area contributed by atoms with Crippen LogP contribution in [0.25, 0.3) is 0 Å². The first kappa shape index (κ1) is 16.1. The summed E-state index contributed by atoms with van der Waals surface area (Å²) in [6, 6.07) is 5.68. The maximum atomic E-state index is 6.45. The minimum absolute atomic E-state index is 0.0171. The molecule has 112 valence electrons. The number of rotatable bonds is 4. The molecule has 1 aliphatic heterocycles. The predicted molar refractivity (Wildman–Crippen MR) is 84.6 cm³/mol. The number of halogens is 2. The zero-order chi connectivity index (χ0) is 14.8. The van der Waals surface area contributed by atoms with E-state index in [2.05, 4.69) is 18.7 Å². The minimum Gasteiger partial charge on any atom is -0.379 e. The summed E-state index contributed by atoms with van der Waals surface area (Å²) in [4.78, 5) is 2.39. The summed E-state index contributed by atoms with van der Waals surface area (Å²) in [6.45, 7) is 7.75. The fourth-order valence-electron chi connectivity index (χ4n) is 2.57. The van der Waals surface area contributed by atoms with E-state index in [-0.39, 0.29) is 11.6 Å². The van der Waals surface area contributed by atoms with Crippen molar-refractivity contribution in [3.05, 3.63) is 33.8 Å². The molecule has 0 amide bonds. The highest BCUT2D eigenvalue weighted by Crippen LogP contribution is 2.29. The van der Waals surface area contributed by atoms with Crippen LogP contribution in [0.2, 0.25) is 10.0 Å². The Hall–Kier alpha value is -0.320. The molecular weight excluding hydrogens is 295 g/mol. The summed E-state index contributed by atoms with van der Waals surface area (Å²) in [6.07, 6.45) is 0.712. The topological polar surface area (TPSA) is 38.5 Å². The lowest BCUT2D eigenvalue weighted by Crippen LogP contribution is -2.59. The van der Waals surface area contributed by atoms with Crippen LogP contribution in [0.5, 0.6) is 0 Å². The Morgan fingerprint density at radius 1 is 1.30 bits per heavy atom. The molecule has 0 aliphatic carbocycles. The van der Waals surface area contributed by atoms with Gasteiger partial charge in [-0.15, -0.1) is 0 Å². The third kappa shape index (κ3) is 3.46. The van der Waals surface area contributed by atoms with Gasteiger partial charge in [0.15, 0.2) is 0 Å². The molecular formula is C15H22Cl2N2O. The van der Waals surface area contributed by atoms with Gasteiger partial charge in [-0.3, -0.25) is 4.90 Å². The third-order valence-corrected chi connectivity index (χ3v) is 5.06. The number of hydrogen-bond donors (Lipinski definition) is 1. The van der Waals surface area contributed by atoms with Crippen molar-refractivity contribution in [1.82, 2.24) is 4.90 Å². The van der Waals surface area contributed by atoms with Crippen molar-refractivity contribution in [1.29, 1.82) is 0 Å². The number of nitrogens with two attached hydrogens (primary N) is 1. The van der Waals surface area contributed by atoms with Gasteiger partial charge in [0, 0.05) is 24.7 Å². The third-order valence-electron chi connectivity index (χ3n) is 4.20. The quantitative estimate of drug-likeness (QED) is 0.928. The molecule has 5 heteroatoms. The van der Waals surface area contributed by atoms with E-state index in [9.17, 15) is 0 Å². The average molecular weight is 317 g/mol. The molecule has 0 bridgehead atoms. The summed E-state index contributed by atoms with van der Waals surface area (Å²) >= 11 is 12.3. The number of benzene rings is 1. The molecule has 1 fully saturated rings. The van der Waals surface area contributed by atoms with Gasteiger partial charge in [-0.1, -0.05) is 35.3 Å². The van der Waals surface area contributed by atoms with Gasteiger partial charge in [0.25, 0.3) is 0 Å². The van der Waals surface area contributed by atoms with Gasteiger partial charge in [-0.2, -0.15) is 0 Å². The molecule has 1 aromatic rings. The Bertz CT molecular complexity index is 459. The zero-order valence-electron chi connectivity index (χ0n) is 12.0. The Balaban J connectivity index is 2.09. The fourth-order valence-corrected chi connectivity index (χ4v) is 2.96. The molecule has 1 saturated heterocycles. The van der Waals surface area contributed by atoms with E-state index < -0.39 is 0 Å². The van der Waals surface area contributed by atoms with E-state index in [1.54, 1.807) is 6.07 Å². The van der Waals surface area contributed by atoms with Gasteiger partial charge in [-0.25, -0.2) is 0 Å². The van der Waals surface area contributed by atoms with E-state index in [0.29, 0.717) is 16.5 Å². The van der Waals surface area contributed by atoms with Crippen LogP contribution in [0, 0.1) is 0 Å².